The van der Waals surface area contributed by atoms with Gasteiger partial charge in [0.25, 0.3) is 0 Å². The van der Waals surface area contributed by atoms with Crippen molar-refractivity contribution in [1.82, 2.24) is 0 Å². The van der Waals surface area contributed by atoms with Crippen LogP contribution in [-0.4, -0.2) is 35.3 Å². The third-order valence-electron chi connectivity index (χ3n) is 0.790. The Bertz CT molecular complexity index is 269. The molecule has 16 heavy (non-hydrogen) atoms. The van der Waals surface area contributed by atoms with E-state index in [0.29, 0.717) is 0 Å². The fourth-order valence-corrected chi connectivity index (χ4v) is 0.399. The molecule has 0 aliphatic carbocycles. The van der Waals surface area contributed by atoms with Gasteiger partial charge in [0, 0.05) is 0 Å². The normalized spacial score (nSPS) is 9.25. The van der Waals surface area contributed by atoms with Crippen LogP contribution in [0.4, 0.5) is 0 Å². The van der Waals surface area contributed by atoms with Gasteiger partial charge in [-0.3, -0.25) is 9.59 Å². The summed E-state index contributed by atoms with van der Waals surface area (Å²) >= 11 is 0. The molecule has 0 atom stereocenters. The highest BCUT2D eigenvalue weighted by molar-refractivity contribution is 5.70. The fraction of sp³-hybridized carbons (Fsp3) is 0.500. The van der Waals surface area contributed by atoms with Crippen molar-refractivity contribution in [3.63, 3.8) is 0 Å². The van der Waals surface area contributed by atoms with Gasteiger partial charge in [0.2, 0.25) is 0 Å². The number of rotatable bonds is 7. The van der Waals surface area contributed by atoms with Crippen molar-refractivity contribution in [3.05, 3.63) is 20.2 Å². The molecule has 0 aromatic carbocycles. The van der Waals surface area contributed by atoms with Crippen LogP contribution in [0.5, 0.6) is 0 Å². The Morgan fingerprint density at radius 3 is 1.44 bits per heavy atom. The maximum absolute atomic E-state index is 10.4. The molecule has 0 rings (SSSR count). The van der Waals surface area contributed by atoms with Gasteiger partial charge in [-0.15, -0.1) is 20.2 Å². The van der Waals surface area contributed by atoms with Crippen molar-refractivity contribution >= 4 is 11.9 Å². The molecule has 0 heterocycles. The molecular formula is C4H4N2O10. The first-order valence-electron chi connectivity index (χ1n) is 3.36. The van der Waals surface area contributed by atoms with Crippen LogP contribution in [0.25, 0.3) is 0 Å². The second-order valence-electron chi connectivity index (χ2n) is 1.90. The van der Waals surface area contributed by atoms with E-state index in [9.17, 15) is 29.8 Å². The van der Waals surface area contributed by atoms with E-state index in [4.69, 9.17) is 0 Å². The summed E-state index contributed by atoms with van der Waals surface area (Å²) in [6.07, 6.45) is 0. The number of nitrogens with zero attached hydrogens (tertiary/aromatic N) is 2. The summed E-state index contributed by atoms with van der Waals surface area (Å²) in [5, 5.41) is 16.4. The summed E-state index contributed by atoms with van der Waals surface area (Å²) < 4.78 is 0. The molecule has 12 heteroatoms. The SMILES string of the molecule is O=C(COOCC(=O)O[N+](=O)[O-])O[N+](=O)[O-]. The molecule has 12 nitrogen and oxygen atoms in total. The first-order valence-corrected chi connectivity index (χ1v) is 3.36. The third kappa shape index (κ3) is 8.27. The highest BCUT2D eigenvalue weighted by Crippen LogP contribution is 1.86. The number of carbonyl (C=O) groups excluding carboxylic acids is 2. The molecule has 90 valence electrons. The number of hydrogen-bond acceptors (Lipinski definition) is 10. The zero-order valence-electron chi connectivity index (χ0n) is 7.39. The Morgan fingerprint density at radius 1 is 0.875 bits per heavy atom. The summed E-state index contributed by atoms with van der Waals surface area (Å²) in [5.41, 5.74) is 0. The van der Waals surface area contributed by atoms with Crippen LogP contribution < -0.4 is 0 Å². The zero-order valence-corrected chi connectivity index (χ0v) is 7.39. The average Bonchev–Trinajstić information content (AvgIpc) is 2.10. The van der Waals surface area contributed by atoms with Crippen LogP contribution >= 0.6 is 0 Å². The second-order valence-corrected chi connectivity index (χ2v) is 1.90. The standard InChI is InChI=1S/C4H4N2O10/c7-3(15-5(9)10)1-13-14-2-4(8)16-6(11)12/h1-2H2. The van der Waals surface area contributed by atoms with Gasteiger partial charge in [-0.05, 0) is 0 Å². The maximum Gasteiger partial charge on any atom is 0.332 e. The first-order chi connectivity index (χ1) is 7.41. The monoisotopic (exact) mass is 240 g/mol. The van der Waals surface area contributed by atoms with Gasteiger partial charge in [-0.25, -0.2) is 19.5 Å². The van der Waals surface area contributed by atoms with Crippen LogP contribution in [0.2, 0.25) is 0 Å². The summed E-state index contributed by atoms with van der Waals surface area (Å²) in [6, 6.07) is 0. The predicted octanol–water partition coefficient (Wildman–Crippen LogP) is -1.60. The van der Waals surface area contributed by atoms with Gasteiger partial charge >= 0.3 is 22.1 Å². The highest BCUT2D eigenvalue weighted by atomic mass is 17.2. The van der Waals surface area contributed by atoms with Crippen LogP contribution in [-0.2, 0) is 29.0 Å². The van der Waals surface area contributed by atoms with Gasteiger partial charge in [0.1, 0.15) is 0 Å². The Hall–Kier alpha value is -2.34. The molecule has 0 unspecified atom stereocenters. The van der Waals surface area contributed by atoms with Gasteiger partial charge < -0.3 is 0 Å². The van der Waals surface area contributed by atoms with E-state index in [-0.39, 0.29) is 0 Å². The Kier molecular flexibility index (Phi) is 5.99. The van der Waals surface area contributed by atoms with E-state index in [1.165, 1.54) is 0 Å². The quantitative estimate of drug-likeness (QED) is 0.219. The van der Waals surface area contributed by atoms with Crippen molar-refractivity contribution in [2.75, 3.05) is 13.2 Å². The lowest BCUT2D eigenvalue weighted by atomic mass is 10.7. The summed E-state index contributed by atoms with van der Waals surface area (Å²) in [5.74, 6) is -2.76. The molecule has 0 fully saturated rings. The molecule has 0 aromatic rings. The van der Waals surface area contributed by atoms with E-state index in [1.54, 1.807) is 0 Å². The van der Waals surface area contributed by atoms with E-state index in [2.05, 4.69) is 19.5 Å². The second kappa shape index (κ2) is 7.02. The van der Waals surface area contributed by atoms with Gasteiger partial charge in [-0.2, -0.15) is 0 Å². The molecule has 0 N–H and O–H groups in total. The van der Waals surface area contributed by atoms with E-state index in [1.807, 2.05) is 0 Å². The van der Waals surface area contributed by atoms with Crippen LogP contribution in [0, 0.1) is 20.2 Å². The molecule has 0 amide bonds. The molecule has 0 spiro atoms. The molecule has 0 saturated heterocycles. The van der Waals surface area contributed by atoms with E-state index in [0.717, 1.165) is 0 Å². The van der Waals surface area contributed by atoms with Gasteiger partial charge in [0.15, 0.2) is 13.2 Å². The molecule has 0 aromatic heterocycles. The maximum atomic E-state index is 10.4. The van der Waals surface area contributed by atoms with E-state index < -0.39 is 35.3 Å². The Morgan fingerprint density at radius 2 is 1.19 bits per heavy atom. The van der Waals surface area contributed by atoms with Crippen LogP contribution in [0.1, 0.15) is 0 Å². The van der Waals surface area contributed by atoms with Crippen molar-refractivity contribution in [2.24, 2.45) is 0 Å². The smallest absolute Gasteiger partial charge is 0.265 e. The Balaban J connectivity index is 3.53. The van der Waals surface area contributed by atoms with Gasteiger partial charge in [-0.1, -0.05) is 0 Å². The lowest BCUT2D eigenvalue weighted by Gasteiger charge is -2.00. The zero-order chi connectivity index (χ0) is 12.6. The average molecular weight is 240 g/mol. The minimum absolute atomic E-state index is 0.966. The lowest BCUT2D eigenvalue weighted by molar-refractivity contribution is -0.730. The van der Waals surface area contributed by atoms with Crippen LogP contribution in [0.3, 0.4) is 0 Å². The molecule has 0 aliphatic heterocycles. The fourth-order valence-electron chi connectivity index (χ4n) is 0.399. The summed E-state index contributed by atoms with van der Waals surface area (Å²) in [4.78, 5) is 54.6. The van der Waals surface area contributed by atoms with Crippen molar-refractivity contribution in [2.45, 2.75) is 0 Å². The first kappa shape index (κ1) is 13.7. The van der Waals surface area contributed by atoms with Gasteiger partial charge in [0.05, 0.1) is 0 Å². The molecule has 0 saturated carbocycles. The minimum atomic E-state index is -1.38. The summed E-state index contributed by atoms with van der Waals surface area (Å²) in [7, 11) is 0. The number of carbonyl (C=O) groups is 2. The number of hydrogen-bond donors (Lipinski definition) is 0. The topological polar surface area (TPSA) is 157 Å². The van der Waals surface area contributed by atoms with Crippen molar-refractivity contribution in [3.8, 4) is 0 Å². The molecule has 0 radical (unpaired) electrons. The summed E-state index contributed by atoms with van der Waals surface area (Å²) in [6.45, 7) is -1.93. The molecular weight excluding hydrogens is 236 g/mol. The van der Waals surface area contributed by atoms with E-state index >= 15 is 0 Å². The van der Waals surface area contributed by atoms with Crippen molar-refractivity contribution in [1.29, 1.82) is 0 Å². The minimum Gasteiger partial charge on any atom is -0.265 e. The Labute approximate surface area is 85.8 Å². The molecule has 0 bridgehead atoms. The predicted molar refractivity (Wildman–Crippen MR) is 38.1 cm³/mol. The van der Waals surface area contributed by atoms with Crippen LogP contribution in [0.15, 0.2) is 0 Å². The lowest BCUT2D eigenvalue weighted by Crippen LogP contribution is -2.20. The molecule has 0 aliphatic rings. The highest BCUT2D eigenvalue weighted by Gasteiger charge is 2.11. The van der Waals surface area contributed by atoms with Crippen molar-refractivity contribution < 1.29 is 39.2 Å². The third-order valence-corrected chi connectivity index (χ3v) is 0.790. The largest absolute Gasteiger partial charge is 0.332 e.